The third-order valence-electron chi connectivity index (χ3n) is 6.64. The maximum Gasteiger partial charge on any atom is 0.168 e. The molecular weight excluding hydrogens is 435 g/mol. The molecule has 34 heavy (non-hydrogen) atoms. The second-order valence-corrected chi connectivity index (χ2v) is 8.85. The van der Waals surface area contributed by atoms with Crippen LogP contribution in [0.4, 0.5) is 10.2 Å². The number of aliphatic hydroxyl groups is 1. The lowest BCUT2D eigenvalue weighted by atomic mass is 9.79. The van der Waals surface area contributed by atoms with Gasteiger partial charge in [0.15, 0.2) is 11.6 Å². The topological polar surface area (TPSA) is 94.9 Å². The lowest BCUT2D eigenvalue weighted by molar-refractivity contribution is -0.129. The zero-order valence-corrected chi connectivity index (χ0v) is 18.6. The summed E-state index contributed by atoms with van der Waals surface area (Å²) in [6.45, 7) is 1.72. The maximum absolute atomic E-state index is 14.3. The highest BCUT2D eigenvalue weighted by Gasteiger charge is 2.48. The van der Waals surface area contributed by atoms with Gasteiger partial charge in [0, 0.05) is 30.0 Å². The second kappa shape index (κ2) is 7.56. The van der Waals surface area contributed by atoms with Gasteiger partial charge in [0.05, 0.1) is 6.61 Å². The highest BCUT2D eigenvalue weighted by atomic mass is 19.1. The first-order valence-electron chi connectivity index (χ1n) is 11.2. The van der Waals surface area contributed by atoms with Crippen LogP contribution < -0.4 is 10.5 Å². The van der Waals surface area contributed by atoms with Gasteiger partial charge in [-0.25, -0.2) is 14.4 Å². The molecule has 1 aliphatic carbocycles. The van der Waals surface area contributed by atoms with Crippen LogP contribution in [0, 0.1) is 12.7 Å². The number of imidazole rings is 1. The molecule has 2 aromatic carbocycles. The minimum Gasteiger partial charge on any atom is -0.488 e. The summed E-state index contributed by atoms with van der Waals surface area (Å²) in [5.41, 5.74) is 9.63. The monoisotopic (exact) mass is 458 g/mol. The van der Waals surface area contributed by atoms with Crippen molar-refractivity contribution < 1.29 is 19.0 Å². The van der Waals surface area contributed by atoms with Crippen LogP contribution in [0.15, 0.2) is 60.6 Å². The van der Waals surface area contributed by atoms with Gasteiger partial charge in [-0.2, -0.15) is 0 Å². The number of nitrogen functional groups attached to an aromatic ring is 1. The molecule has 7 nitrogen and oxygen atoms in total. The van der Waals surface area contributed by atoms with Crippen molar-refractivity contribution in [3.8, 4) is 22.8 Å². The molecule has 1 saturated heterocycles. The van der Waals surface area contributed by atoms with Crippen molar-refractivity contribution in [3.63, 3.8) is 0 Å². The fraction of sp³-hybridized carbons (Fsp3) is 0.231. The molecule has 0 amide bonds. The molecule has 1 atom stereocenters. The summed E-state index contributed by atoms with van der Waals surface area (Å²) < 4.78 is 28.0. The Balaban J connectivity index is 1.38. The van der Waals surface area contributed by atoms with Crippen LogP contribution in [0.25, 0.3) is 22.3 Å². The Morgan fingerprint density at radius 1 is 1.24 bits per heavy atom. The molecule has 172 valence electrons. The third kappa shape index (κ3) is 3.13. The Bertz CT molecular complexity index is 1450. The van der Waals surface area contributed by atoms with E-state index in [1.165, 1.54) is 0 Å². The molecule has 8 heteroatoms. The molecule has 0 spiro atoms. The van der Waals surface area contributed by atoms with E-state index < -0.39 is 5.60 Å². The molecular formula is C26H23FN4O3. The van der Waals surface area contributed by atoms with Crippen molar-refractivity contribution in [2.75, 3.05) is 12.3 Å². The zero-order valence-electron chi connectivity index (χ0n) is 18.6. The number of halogens is 1. The minimum atomic E-state index is -0.429. The summed E-state index contributed by atoms with van der Waals surface area (Å²) in [6.07, 6.45) is 5.72. The second-order valence-electron chi connectivity index (χ2n) is 8.85. The van der Waals surface area contributed by atoms with Gasteiger partial charge in [-0.15, -0.1) is 0 Å². The normalized spacial score (nSPS) is 19.1. The van der Waals surface area contributed by atoms with E-state index in [0.29, 0.717) is 34.8 Å². The molecule has 3 N–H and O–H groups in total. The first-order valence-corrected chi connectivity index (χ1v) is 11.2. The Hall–Kier alpha value is -3.91. The molecule has 4 heterocycles. The van der Waals surface area contributed by atoms with Crippen molar-refractivity contribution in [2.24, 2.45) is 0 Å². The van der Waals surface area contributed by atoms with Gasteiger partial charge >= 0.3 is 0 Å². The first-order chi connectivity index (χ1) is 16.5. The maximum atomic E-state index is 14.3. The van der Waals surface area contributed by atoms with Crippen LogP contribution in [0.5, 0.6) is 11.5 Å². The number of benzene rings is 2. The summed E-state index contributed by atoms with van der Waals surface area (Å²) in [7, 11) is 0. The van der Waals surface area contributed by atoms with Crippen LogP contribution in [0.2, 0.25) is 0 Å². The summed E-state index contributed by atoms with van der Waals surface area (Å²) in [6, 6.07) is 12.4. The fourth-order valence-corrected chi connectivity index (χ4v) is 4.73. The van der Waals surface area contributed by atoms with Gasteiger partial charge in [0.25, 0.3) is 0 Å². The lowest BCUT2D eigenvalue weighted by Gasteiger charge is -2.48. The standard InChI is InChI=1S/C26H23FN4O3/c1-15-3-2-4-19(21(15)27)33-17-7-5-16(6-8-17)22-23-24(28)29-11-12-31(23)25(30-22)18-9-10-26(14-32)13-20(18)34-26/h2-8,11-12,32H,9-10,13-14H2,1H3,(H2,28,29). The predicted octanol–water partition coefficient (Wildman–Crippen LogP) is 4.87. The Morgan fingerprint density at radius 2 is 2.03 bits per heavy atom. The summed E-state index contributed by atoms with van der Waals surface area (Å²) in [5, 5.41) is 9.63. The minimum absolute atomic E-state index is 0.0229. The van der Waals surface area contributed by atoms with E-state index in [0.717, 1.165) is 35.6 Å². The smallest absolute Gasteiger partial charge is 0.168 e. The number of aryl methyl sites for hydroxylation is 1. The van der Waals surface area contributed by atoms with E-state index in [1.54, 1.807) is 43.5 Å². The number of rotatable bonds is 5. The van der Waals surface area contributed by atoms with Crippen LogP contribution in [-0.2, 0) is 4.74 Å². The van der Waals surface area contributed by atoms with Crippen molar-refractivity contribution >= 4 is 16.9 Å². The molecule has 2 aliphatic heterocycles. The summed E-state index contributed by atoms with van der Waals surface area (Å²) >= 11 is 0. The number of nitrogens with two attached hydrogens (primary N) is 1. The fourth-order valence-electron chi connectivity index (χ4n) is 4.73. The third-order valence-corrected chi connectivity index (χ3v) is 6.64. The van der Waals surface area contributed by atoms with E-state index in [2.05, 4.69) is 4.98 Å². The van der Waals surface area contributed by atoms with Crippen LogP contribution in [0.1, 0.15) is 30.7 Å². The Kier molecular flexibility index (Phi) is 4.60. The number of fused-ring (bicyclic) bond motifs is 3. The summed E-state index contributed by atoms with van der Waals surface area (Å²) in [5.74, 6) is 2.34. The van der Waals surface area contributed by atoms with Crippen LogP contribution >= 0.6 is 0 Å². The average molecular weight is 458 g/mol. The number of anilines is 1. The van der Waals surface area contributed by atoms with Gasteiger partial charge in [0.2, 0.25) is 0 Å². The van der Waals surface area contributed by atoms with E-state index in [4.69, 9.17) is 20.2 Å². The average Bonchev–Trinajstić information content (AvgIpc) is 3.23. The molecule has 7 rings (SSSR count). The molecule has 0 saturated carbocycles. The number of aliphatic hydroxyl groups excluding tert-OH is 1. The van der Waals surface area contributed by atoms with Crippen molar-refractivity contribution in [3.05, 3.63) is 77.8 Å². The number of ether oxygens (including phenoxy) is 2. The van der Waals surface area contributed by atoms with Gasteiger partial charge in [-0.1, -0.05) is 12.1 Å². The van der Waals surface area contributed by atoms with Crippen LogP contribution in [0.3, 0.4) is 0 Å². The van der Waals surface area contributed by atoms with Gasteiger partial charge in [-0.3, -0.25) is 4.40 Å². The lowest BCUT2D eigenvalue weighted by Crippen LogP contribution is -2.48. The van der Waals surface area contributed by atoms with Crippen molar-refractivity contribution in [2.45, 2.75) is 31.8 Å². The van der Waals surface area contributed by atoms with Gasteiger partial charge in [0.1, 0.15) is 40.0 Å². The molecule has 1 unspecified atom stereocenters. The van der Waals surface area contributed by atoms with Gasteiger partial charge in [-0.05, 0) is 55.7 Å². The van der Waals surface area contributed by atoms with Crippen LogP contribution in [-0.4, -0.2) is 31.7 Å². The Labute approximate surface area is 195 Å². The van der Waals surface area contributed by atoms with E-state index in [1.807, 2.05) is 22.7 Å². The van der Waals surface area contributed by atoms with Gasteiger partial charge < -0.3 is 20.3 Å². The number of allylic oxidation sites excluding steroid dienone is 1. The molecule has 3 aliphatic rings. The highest BCUT2D eigenvalue weighted by molar-refractivity contribution is 5.87. The molecule has 1 fully saturated rings. The molecule has 2 aromatic heterocycles. The molecule has 4 aromatic rings. The number of aromatic nitrogens is 3. The first kappa shape index (κ1) is 20.7. The van der Waals surface area contributed by atoms with E-state index in [-0.39, 0.29) is 18.2 Å². The predicted molar refractivity (Wildman–Crippen MR) is 126 cm³/mol. The van der Waals surface area contributed by atoms with Crippen molar-refractivity contribution in [1.82, 2.24) is 14.4 Å². The number of hydrogen-bond acceptors (Lipinski definition) is 6. The van der Waals surface area contributed by atoms with Crippen molar-refractivity contribution in [1.29, 1.82) is 0 Å². The number of nitrogens with zero attached hydrogens (tertiary/aromatic N) is 3. The molecule has 2 bridgehead atoms. The Morgan fingerprint density at radius 3 is 2.74 bits per heavy atom. The quantitative estimate of drug-likeness (QED) is 0.443. The highest BCUT2D eigenvalue weighted by Crippen LogP contribution is 2.50. The van der Waals surface area contributed by atoms with E-state index in [9.17, 15) is 9.50 Å². The summed E-state index contributed by atoms with van der Waals surface area (Å²) in [4.78, 5) is 9.22. The van der Waals surface area contributed by atoms with E-state index >= 15 is 0 Å². The zero-order chi connectivity index (χ0) is 23.4. The molecule has 0 radical (unpaired) electrons. The SMILES string of the molecule is Cc1cccc(Oc2ccc(-c3nc(C4=C5CC(CO)(CC4)O5)n4ccnc(N)c34)cc2)c1F. The largest absolute Gasteiger partial charge is 0.488 e. The number of hydrogen-bond donors (Lipinski definition) is 2.